The van der Waals surface area contributed by atoms with Gasteiger partial charge >= 0.3 is 18.0 Å². The summed E-state index contributed by atoms with van der Waals surface area (Å²) in [4.78, 5) is 37.1. The number of methoxy groups -OCH3 is 1. The molecular weight excluding hydrogens is 302 g/mol. The number of rotatable bonds is 4. The lowest BCUT2D eigenvalue weighted by Crippen LogP contribution is -2.43. The normalized spacial score (nSPS) is 17.7. The van der Waals surface area contributed by atoms with Gasteiger partial charge in [-0.25, -0.2) is 14.4 Å². The van der Waals surface area contributed by atoms with Crippen LogP contribution in [0.4, 0.5) is 4.79 Å². The van der Waals surface area contributed by atoms with Gasteiger partial charge in [0.1, 0.15) is 5.60 Å². The van der Waals surface area contributed by atoms with Gasteiger partial charge in [0.2, 0.25) is 0 Å². The Bertz CT molecular complexity index is 639. The van der Waals surface area contributed by atoms with Crippen LogP contribution in [0, 0.1) is 0 Å². The molecule has 1 aliphatic heterocycles. The first kappa shape index (κ1) is 16.8. The second-order valence-electron chi connectivity index (χ2n) is 5.78. The van der Waals surface area contributed by atoms with Crippen LogP contribution in [0.3, 0.4) is 0 Å². The maximum absolute atomic E-state index is 12.4. The lowest BCUT2D eigenvalue weighted by molar-refractivity contribution is -0.0573. The monoisotopic (exact) mass is 321 g/mol. The maximum atomic E-state index is 12.4. The molecule has 0 bridgehead atoms. The van der Waals surface area contributed by atoms with E-state index in [0.717, 1.165) is 0 Å². The molecule has 0 radical (unpaired) electrons. The minimum absolute atomic E-state index is 0.102. The number of likely N-dealkylation sites (N-methyl/N-ethyl adjacent to an activating group) is 1. The van der Waals surface area contributed by atoms with E-state index in [-0.39, 0.29) is 11.1 Å². The summed E-state index contributed by atoms with van der Waals surface area (Å²) in [5.41, 5.74) is -0.817. The highest BCUT2D eigenvalue weighted by Crippen LogP contribution is 2.26. The zero-order chi connectivity index (χ0) is 17.2. The first-order chi connectivity index (χ1) is 10.8. The standard InChI is InChI=1S/C16H19NO6/c1-16(2,12-9-17(3)15(20)22-12)23-14(19)11-8-6-5-7-10(11)13(18)21-4/h5-8,12H,9H2,1-4H3. The van der Waals surface area contributed by atoms with Crippen LogP contribution in [-0.4, -0.2) is 55.3 Å². The molecule has 7 nitrogen and oxygen atoms in total. The van der Waals surface area contributed by atoms with Crippen LogP contribution in [0.1, 0.15) is 34.6 Å². The van der Waals surface area contributed by atoms with Crippen LogP contribution in [0.2, 0.25) is 0 Å². The molecule has 1 aliphatic rings. The summed E-state index contributed by atoms with van der Waals surface area (Å²) in [5.74, 6) is -1.30. The van der Waals surface area contributed by atoms with Gasteiger partial charge < -0.3 is 19.1 Å². The largest absolute Gasteiger partial charge is 0.465 e. The van der Waals surface area contributed by atoms with Gasteiger partial charge in [-0.15, -0.1) is 0 Å². The summed E-state index contributed by atoms with van der Waals surface area (Å²) in [6.45, 7) is 3.63. The molecule has 0 saturated carbocycles. The number of benzene rings is 1. The van der Waals surface area contributed by atoms with Crippen LogP contribution in [0.15, 0.2) is 24.3 Å². The number of ether oxygens (including phenoxy) is 3. The quantitative estimate of drug-likeness (QED) is 0.622. The third-order valence-electron chi connectivity index (χ3n) is 3.68. The average Bonchev–Trinajstić information content (AvgIpc) is 2.86. The molecule has 1 fully saturated rings. The fourth-order valence-corrected chi connectivity index (χ4v) is 2.24. The van der Waals surface area contributed by atoms with Gasteiger partial charge in [0.15, 0.2) is 6.10 Å². The molecular formula is C16H19NO6. The molecule has 1 saturated heterocycles. The van der Waals surface area contributed by atoms with E-state index in [1.165, 1.54) is 24.1 Å². The predicted molar refractivity (Wildman–Crippen MR) is 80.2 cm³/mol. The number of carbonyl (C=O) groups is 3. The molecule has 7 heteroatoms. The van der Waals surface area contributed by atoms with E-state index in [2.05, 4.69) is 4.74 Å². The SMILES string of the molecule is COC(=O)c1ccccc1C(=O)OC(C)(C)C1CN(C)C(=O)O1. The molecule has 0 N–H and O–H groups in total. The summed E-state index contributed by atoms with van der Waals surface area (Å²) in [5, 5.41) is 0. The average molecular weight is 321 g/mol. The van der Waals surface area contributed by atoms with E-state index in [0.29, 0.717) is 6.54 Å². The Labute approximate surface area is 134 Å². The molecule has 1 amide bonds. The molecule has 1 unspecified atom stereocenters. The Morgan fingerprint density at radius 1 is 1.22 bits per heavy atom. The zero-order valence-corrected chi connectivity index (χ0v) is 13.5. The molecule has 1 aromatic carbocycles. The van der Waals surface area contributed by atoms with Gasteiger partial charge in [0.05, 0.1) is 24.8 Å². The minimum atomic E-state index is -1.04. The third kappa shape index (κ3) is 3.44. The van der Waals surface area contributed by atoms with Crippen molar-refractivity contribution < 1.29 is 28.6 Å². The van der Waals surface area contributed by atoms with Crippen LogP contribution in [0.25, 0.3) is 0 Å². The Morgan fingerprint density at radius 3 is 2.26 bits per heavy atom. The summed E-state index contributed by atoms with van der Waals surface area (Å²) in [6.07, 6.45) is -1.05. The summed E-state index contributed by atoms with van der Waals surface area (Å²) in [7, 11) is 2.84. The first-order valence-corrected chi connectivity index (χ1v) is 7.08. The van der Waals surface area contributed by atoms with Gasteiger partial charge in [-0.2, -0.15) is 0 Å². The smallest absolute Gasteiger partial charge is 0.410 e. The summed E-state index contributed by atoms with van der Waals surface area (Å²) in [6, 6.07) is 6.22. The van der Waals surface area contributed by atoms with Crippen molar-refractivity contribution in [2.45, 2.75) is 25.6 Å². The van der Waals surface area contributed by atoms with Crippen molar-refractivity contribution in [3.05, 3.63) is 35.4 Å². The van der Waals surface area contributed by atoms with Crippen LogP contribution in [-0.2, 0) is 14.2 Å². The zero-order valence-electron chi connectivity index (χ0n) is 13.5. The number of nitrogens with zero attached hydrogens (tertiary/aromatic N) is 1. The lowest BCUT2D eigenvalue weighted by Gasteiger charge is -2.29. The molecule has 2 rings (SSSR count). The predicted octanol–water partition coefficient (Wildman–Crippen LogP) is 1.86. The van der Waals surface area contributed by atoms with Crippen molar-refractivity contribution in [1.82, 2.24) is 4.90 Å². The van der Waals surface area contributed by atoms with Gasteiger partial charge in [-0.3, -0.25) is 0 Å². The van der Waals surface area contributed by atoms with Crippen molar-refractivity contribution in [1.29, 1.82) is 0 Å². The van der Waals surface area contributed by atoms with Gasteiger partial charge in [-0.05, 0) is 26.0 Å². The third-order valence-corrected chi connectivity index (χ3v) is 3.68. The highest BCUT2D eigenvalue weighted by molar-refractivity contribution is 6.03. The molecule has 124 valence electrons. The Kier molecular flexibility index (Phi) is 4.58. The summed E-state index contributed by atoms with van der Waals surface area (Å²) < 4.78 is 15.3. The van der Waals surface area contributed by atoms with Crippen molar-refractivity contribution in [3.63, 3.8) is 0 Å². The fraction of sp³-hybridized carbons (Fsp3) is 0.438. The fourth-order valence-electron chi connectivity index (χ4n) is 2.24. The van der Waals surface area contributed by atoms with E-state index in [1.807, 2.05) is 0 Å². The molecule has 0 aliphatic carbocycles. The van der Waals surface area contributed by atoms with Crippen molar-refractivity contribution >= 4 is 18.0 Å². The number of hydrogen-bond donors (Lipinski definition) is 0. The Morgan fingerprint density at radius 2 is 1.78 bits per heavy atom. The topological polar surface area (TPSA) is 82.1 Å². The Balaban J connectivity index is 2.19. The van der Waals surface area contributed by atoms with Gasteiger partial charge in [0.25, 0.3) is 0 Å². The highest BCUT2D eigenvalue weighted by Gasteiger charge is 2.43. The van der Waals surface area contributed by atoms with Crippen molar-refractivity contribution in [2.24, 2.45) is 0 Å². The maximum Gasteiger partial charge on any atom is 0.410 e. The first-order valence-electron chi connectivity index (χ1n) is 7.08. The molecule has 0 spiro atoms. The minimum Gasteiger partial charge on any atom is -0.465 e. The van der Waals surface area contributed by atoms with Crippen LogP contribution >= 0.6 is 0 Å². The molecule has 0 aromatic heterocycles. The van der Waals surface area contributed by atoms with E-state index >= 15 is 0 Å². The lowest BCUT2D eigenvalue weighted by atomic mass is 10.0. The molecule has 23 heavy (non-hydrogen) atoms. The van der Waals surface area contributed by atoms with Crippen LogP contribution < -0.4 is 0 Å². The molecule has 1 atom stereocenters. The van der Waals surface area contributed by atoms with Gasteiger partial charge in [-0.1, -0.05) is 12.1 Å². The van der Waals surface area contributed by atoms with Crippen molar-refractivity contribution in [3.8, 4) is 0 Å². The Hall–Kier alpha value is -2.57. The van der Waals surface area contributed by atoms with E-state index in [4.69, 9.17) is 9.47 Å². The number of esters is 2. The number of hydrogen-bond acceptors (Lipinski definition) is 6. The van der Waals surface area contributed by atoms with E-state index < -0.39 is 29.7 Å². The van der Waals surface area contributed by atoms with E-state index in [1.54, 1.807) is 33.0 Å². The molecule has 1 heterocycles. The number of carbonyl (C=O) groups excluding carboxylic acids is 3. The summed E-state index contributed by atoms with van der Waals surface area (Å²) >= 11 is 0. The number of amides is 1. The van der Waals surface area contributed by atoms with E-state index in [9.17, 15) is 14.4 Å². The number of cyclic esters (lactones) is 1. The van der Waals surface area contributed by atoms with Gasteiger partial charge in [0, 0.05) is 7.05 Å². The second kappa shape index (κ2) is 6.28. The molecule has 1 aromatic rings. The van der Waals surface area contributed by atoms with Crippen LogP contribution in [0.5, 0.6) is 0 Å². The second-order valence-corrected chi connectivity index (χ2v) is 5.78. The van der Waals surface area contributed by atoms with Crippen molar-refractivity contribution in [2.75, 3.05) is 20.7 Å². The highest BCUT2D eigenvalue weighted by atomic mass is 16.6.